The van der Waals surface area contributed by atoms with Gasteiger partial charge >= 0.3 is 0 Å². The van der Waals surface area contributed by atoms with Crippen molar-refractivity contribution in [3.05, 3.63) is 0 Å². The third-order valence-electron chi connectivity index (χ3n) is 0.702. The lowest BCUT2D eigenvalue weighted by Gasteiger charge is -2.11. The number of hydrogen-bond acceptors (Lipinski definition) is 1. The molecule has 0 rings (SSSR count). The van der Waals surface area contributed by atoms with Crippen molar-refractivity contribution in [1.29, 1.82) is 0 Å². The van der Waals surface area contributed by atoms with Crippen LogP contribution in [0.5, 0.6) is 0 Å². The molecule has 0 saturated heterocycles. The Balaban J connectivity index is 3.46. The molecular formula is C4H7Cl3O. The van der Waals surface area contributed by atoms with Crippen LogP contribution >= 0.6 is 34.8 Å². The summed E-state index contributed by atoms with van der Waals surface area (Å²) in [6.45, 7) is 1.54. The zero-order chi connectivity index (χ0) is 6.73. The van der Waals surface area contributed by atoms with Gasteiger partial charge in [0.2, 0.25) is 0 Å². The average Bonchev–Trinajstić information content (AvgIpc) is 1.64. The molecule has 0 heterocycles. The third kappa shape index (κ3) is 2.98. The summed E-state index contributed by atoms with van der Waals surface area (Å²) in [7, 11) is 0. The summed E-state index contributed by atoms with van der Waals surface area (Å²) in [6.07, 6.45) is -0.656. The summed E-state index contributed by atoms with van der Waals surface area (Å²) >= 11 is 16.0. The van der Waals surface area contributed by atoms with Crippen LogP contribution < -0.4 is 0 Å². The van der Waals surface area contributed by atoms with E-state index in [1.165, 1.54) is 6.92 Å². The van der Waals surface area contributed by atoms with Gasteiger partial charge in [0.15, 0.2) is 0 Å². The van der Waals surface area contributed by atoms with Crippen molar-refractivity contribution in [1.82, 2.24) is 0 Å². The Hall–Kier alpha value is 0.830. The predicted molar refractivity (Wildman–Crippen MR) is 36.8 cm³/mol. The molecule has 4 heteroatoms. The highest BCUT2D eigenvalue weighted by atomic mass is 35.5. The van der Waals surface area contributed by atoms with Gasteiger partial charge in [0.05, 0.1) is 11.5 Å². The van der Waals surface area contributed by atoms with E-state index in [1.807, 2.05) is 0 Å². The van der Waals surface area contributed by atoms with Gasteiger partial charge in [0, 0.05) is 0 Å². The largest absolute Gasteiger partial charge is 0.392 e. The number of hydrogen-bond donors (Lipinski definition) is 1. The maximum absolute atomic E-state index is 8.69. The zero-order valence-electron chi connectivity index (χ0n) is 4.31. The van der Waals surface area contributed by atoms with Crippen LogP contribution in [0.15, 0.2) is 0 Å². The number of aliphatic hydroxyl groups excluding tert-OH is 1. The van der Waals surface area contributed by atoms with Gasteiger partial charge < -0.3 is 5.11 Å². The Morgan fingerprint density at radius 1 is 1.25 bits per heavy atom. The topological polar surface area (TPSA) is 20.2 Å². The van der Waals surface area contributed by atoms with E-state index in [1.54, 1.807) is 0 Å². The molecule has 0 aliphatic heterocycles. The number of halogens is 3. The SMILES string of the molecule is CC(O)C(Cl)C(Cl)Cl. The fourth-order valence-corrected chi connectivity index (χ4v) is 0.632. The molecule has 1 N–H and O–H groups in total. The van der Waals surface area contributed by atoms with E-state index >= 15 is 0 Å². The molecule has 2 atom stereocenters. The molecule has 0 spiro atoms. The molecule has 0 aromatic carbocycles. The van der Waals surface area contributed by atoms with Crippen LogP contribution in [-0.2, 0) is 0 Å². The standard InChI is InChI=1S/C4H7Cl3O/c1-2(8)3(5)4(6)7/h2-4,8H,1H3. The Bertz CT molecular complexity index is 56.3. The van der Waals surface area contributed by atoms with Gasteiger partial charge in [-0.2, -0.15) is 0 Å². The van der Waals surface area contributed by atoms with Crippen LogP contribution in [0.1, 0.15) is 6.92 Å². The smallest absolute Gasteiger partial charge is 0.126 e. The maximum Gasteiger partial charge on any atom is 0.126 e. The van der Waals surface area contributed by atoms with Crippen LogP contribution in [0.4, 0.5) is 0 Å². The molecule has 0 bridgehead atoms. The van der Waals surface area contributed by atoms with E-state index in [0.717, 1.165) is 0 Å². The maximum atomic E-state index is 8.69. The first-order chi connectivity index (χ1) is 3.55. The minimum Gasteiger partial charge on any atom is -0.392 e. The van der Waals surface area contributed by atoms with Crippen LogP contribution in [0.3, 0.4) is 0 Å². The number of rotatable bonds is 2. The molecule has 50 valence electrons. The van der Waals surface area contributed by atoms with Crippen molar-refractivity contribution in [2.24, 2.45) is 0 Å². The predicted octanol–water partition coefficient (Wildman–Crippen LogP) is 1.78. The van der Waals surface area contributed by atoms with Crippen LogP contribution in [-0.4, -0.2) is 21.4 Å². The molecule has 0 aromatic heterocycles. The molecule has 0 aliphatic rings. The second kappa shape index (κ2) is 3.78. The van der Waals surface area contributed by atoms with E-state index in [-0.39, 0.29) is 0 Å². The van der Waals surface area contributed by atoms with Crippen molar-refractivity contribution in [3.8, 4) is 0 Å². The summed E-state index contributed by atoms with van der Waals surface area (Å²) in [5, 5.41) is 8.12. The third-order valence-corrected chi connectivity index (χ3v) is 2.12. The zero-order valence-corrected chi connectivity index (χ0v) is 6.58. The lowest BCUT2D eigenvalue weighted by molar-refractivity contribution is 0.192. The molecule has 0 aliphatic carbocycles. The van der Waals surface area contributed by atoms with Gasteiger partial charge in [-0.1, -0.05) is 0 Å². The highest BCUT2D eigenvalue weighted by Gasteiger charge is 2.18. The van der Waals surface area contributed by atoms with Crippen molar-refractivity contribution in [3.63, 3.8) is 0 Å². The van der Waals surface area contributed by atoms with E-state index in [9.17, 15) is 0 Å². The first kappa shape index (κ1) is 8.83. The lowest BCUT2D eigenvalue weighted by Crippen LogP contribution is -2.22. The quantitative estimate of drug-likeness (QED) is 0.638. The van der Waals surface area contributed by atoms with Crippen molar-refractivity contribution in [2.75, 3.05) is 0 Å². The fraction of sp³-hybridized carbons (Fsp3) is 1.00. The Kier molecular flexibility index (Phi) is 4.17. The summed E-state index contributed by atoms with van der Waals surface area (Å²) < 4.78 is 0. The molecule has 1 nitrogen and oxygen atoms in total. The first-order valence-corrected chi connectivity index (χ1v) is 3.47. The van der Waals surface area contributed by atoms with Crippen LogP contribution in [0.25, 0.3) is 0 Å². The van der Waals surface area contributed by atoms with E-state index in [2.05, 4.69) is 0 Å². The molecule has 2 unspecified atom stereocenters. The molecule has 0 saturated carbocycles. The Labute approximate surface area is 63.5 Å². The van der Waals surface area contributed by atoms with Crippen molar-refractivity contribution < 1.29 is 5.11 Å². The second-order valence-electron chi connectivity index (χ2n) is 1.52. The van der Waals surface area contributed by atoms with Crippen molar-refractivity contribution in [2.45, 2.75) is 23.2 Å². The molecule has 0 fully saturated rings. The summed E-state index contributed by atoms with van der Waals surface area (Å²) in [6, 6.07) is 0. The highest BCUT2D eigenvalue weighted by Crippen LogP contribution is 2.16. The Morgan fingerprint density at radius 3 is 1.62 bits per heavy atom. The van der Waals surface area contributed by atoms with E-state index < -0.39 is 16.3 Å². The highest BCUT2D eigenvalue weighted by molar-refractivity contribution is 6.48. The molecular weight excluding hydrogens is 170 g/mol. The van der Waals surface area contributed by atoms with Gasteiger partial charge in [-0.25, -0.2) is 0 Å². The lowest BCUT2D eigenvalue weighted by atomic mass is 10.3. The first-order valence-electron chi connectivity index (χ1n) is 2.16. The van der Waals surface area contributed by atoms with Crippen LogP contribution in [0, 0.1) is 0 Å². The minimum atomic E-state index is -0.698. The molecule has 0 aromatic rings. The second-order valence-corrected chi connectivity index (χ2v) is 3.19. The fourth-order valence-electron chi connectivity index (χ4n) is 0.211. The molecule has 0 radical (unpaired) electrons. The van der Waals surface area contributed by atoms with Crippen LogP contribution in [0.2, 0.25) is 0 Å². The molecule has 8 heavy (non-hydrogen) atoms. The monoisotopic (exact) mass is 176 g/mol. The summed E-state index contributed by atoms with van der Waals surface area (Å²) in [5.41, 5.74) is 0. The summed E-state index contributed by atoms with van der Waals surface area (Å²) in [5.74, 6) is 0. The normalized spacial score (nSPS) is 18.8. The van der Waals surface area contributed by atoms with Gasteiger partial charge in [0.1, 0.15) is 4.84 Å². The number of alkyl halides is 3. The Morgan fingerprint density at radius 2 is 1.62 bits per heavy atom. The summed E-state index contributed by atoms with van der Waals surface area (Å²) in [4.78, 5) is -0.698. The van der Waals surface area contributed by atoms with Gasteiger partial charge in [-0.3, -0.25) is 0 Å². The number of aliphatic hydroxyl groups is 1. The van der Waals surface area contributed by atoms with Gasteiger partial charge in [-0.05, 0) is 6.92 Å². The van der Waals surface area contributed by atoms with Gasteiger partial charge in [0.25, 0.3) is 0 Å². The van der Waals surface area contributed by atoms with Crippen molar-refractivity contribution >= 4 is 34.8 Å². The van der Waals surface area contributed by atoms with Gasteiger partial charge in [-0.15, -0.1) is 34.8 Å². The van der Waals surface area contributed by atoms with E-state index in [0.29, 0.717) is 0 Å². The average molecular weight is 177 g/mol. The minimum absolute atomic E-state index is 0.571. The molecule has 0 amide bonds. The van der Waals surface area contributed by atoms with E-state index in [4.69, 9.17) is 39.9 Å².